The molecule has 0 radical (unpaired) electrons. The van der Waals surface area contributed by atoms with Crippen molar-refractivity contribution in [2.45, 2.75) is 45.8 Å². The van der Waals surface area contributed by atoms with Gasteiger partial charge < -0.3 is 14.4 Å². The van der Waals surface area contributed by atoms with Crippen LogP contribution >= 0.6 is 11.3 Å². The van der Waals surface area contributed by atoms with Gasteiger partial charge in [-0.05, 0) is 25.0 Å². The van der Waals surface area contributed by atoms with E-state index in [1.54, 1.807) is 11.3 Å². The number of thiazole rings is 1. The minimum Gasteiger partial charge on any atom is -0.338 e. The minimum absolute atomic E-state index is 0.000480. The van der Waals surface area contributed by atoms with E-state index >= 15 is 0 Å². The normalized spacial score (nSPS) is 22.1. The number of nitrogens with zero attached hydrogens (tertiary/aromatic N) is 4. The quantitative estimate of drug-likeness (QED) is 0.829. The van der Waals surface area contributed by atoms with Crippen LogP contribution in [-0.2, 0) is 11.3 Å². The first-order valence-electron chi connectivity index (χ1n) is 9.10. The van der Waals surface area contributed by atoms with Crippen molar-refractivity contribution in [2.24, 2.45) is 5.92 Å². The van der Waals surface area contributed by atoms with E-state index in [2.05, 4.69) is 23.4 Å². The van der Waals surface area contributed by atoms with E-state index in [1.807, 2.05) is 40.4 Å². The van der Waals surface area contributed by atoms with Crippen LogP contribution in [0.2, 0.25) is 0 Å². The zero-order chi connectivity index (χ0) is 18.4. The molecule has 0 aliphatic carbocycles. The molecule has 138 valence electrons. The van der Waals surface area contributed by atoms with Gasteiger partial charge in [0, 0.05) is 31.1 Å². The third-order valence-electron chi connectivity index (χ3n) is 5.21. The van der Waals surface area contributed by atoms with Crippen molar-refractivity contribution in [3.05, 3.63) is 40.1 Å². The Morgan fingerprint density at radius 3 is 2.81 bits per heavy atom. The molecular weight excluding hydrogens is 348 g/mol. The van der Waals surface area contributed by atoms with Crippen molar-refractivity contribution >= 4 is 23.2 Å². The van der Waals surface area contributed by atoms with Gasteiger partial charge in [-0.1, -0.05) is 13.8 Å². The van der Waals surface area contributed by atoms with Gasteiger partial charge >= 0.3 is 0 Å². The number of aryl methyl sites for hydroxylation is 1. The second kappa shape index (κ2) is 6.54. The molecule has 4 heterocycles. The average Bonchev–Trinajstić information content (AvgIpc) is 3.29. The summed E-state index contributed by atoms with van der Waals surface area (Å²) < 4.78 is 2.05. The molecule has 0 spiro atoms. The molecule has 2 aromatic heterocycles. The molecule has 0 bridgehead atoms. The van der Waals surface area contributed by atoms with Crippen molar-refractivity contribution in [3.63, 3.8) is 0 Å². The first-order chi connectivity index (χ1) is 12.4. The van der Waals surface area contributed by atoms with Crippen LogP contribution in [0.15, 0.2) is 23.7 Å². The SMILES string of the molecule is Cc1nc(CN2C(=O)c3cccn3[C@H]3CN(C(=O)CC(C)C)C[C@H]32)cs1. The fraction of sp³-hybridized carbons (Fsp3) is 0.526. The van der Waals surface area contributed by atoms with Crippen LogP contribution in [0.3, 0.4) is 0 Å². The largest absolute Gasteiger partial charge is 0.338 e. The molecule has 4 rings (SSSR count). The zero-order valence-corrected chi connectivity index (χ0v) is 16.2. The number of aromatic nitrogens is 2. The van der Waals surface area contributed by atoms with Gasteiger partial charge in [0.05, 0.1) is 29.3 Å². The second-order valence-corrected chi connectivity index (χ2v) is 8.69. The molecule has 2 atom stereocenters. The van der Waals surface area contributed by atoms with Crippen LogP contribution in [-0.4, -0.2) is 50.3 Å². The molecule has 2 aromatic rings. The van der Waals surface area contributed by atoms with Gasteiger partial charge in [0.25, 0.3) is 5.91 Å². The standard InChI is InChI=1S/C19H24N4O2S/c1-12(2)7-18(24)21-9-16-17(10-21)23(8-14-11-26-13(3)20-14)19(25)15-5-4-6-22(15)16/h4-6,11-12,16-17H,7-10H2,1-3H3/t16-,17+/m0/s1. The number of carbonyl (C=O) groups excluding carboxylic acids is 2. The molecule has 0 aromatic carbocycles. The average molecular weight is 372 g/mol. The molecule has 2 aliphatic rings. The molecule has 26 heavy (non-hydrogen) atoms. The summed E-state index contributed by atoms with van der Waals surface area (Å²) >= 11 is 1.60. The summed E-state index contributed by atoms with van der Waals surface area (Å²) in [6, 6.07) is 3.91. The molecule has 2 aliphatic heterocycles. The van der Waals surface area contributed by atoms with Crippen LogP contribution in [0.25, 0.3) is 0 Å². The topological polar surface area (TPSA) is 58.4 Å². The Hall–Kier alpha value is -2.15. The zero-order valence-electron chi connectivity index (χ0n) is 15.4. The number of amides is 2. The number of likely N-dealkylation sites (tertiary alicyclic amines) is 1. The van der Waals surface area contributed by atoms with Crippen molar-refractivity contribution in [1.82, 2.24) is 19.4 Å². The first kappa shape index (κ1) is 17.3. The van der Waals surface area contributed by atoms with Crippen molar-refractivity contribution < 1.29 is 9.59 Å². The minimum atomic E-state index is 0.000480. The predicted octanol–water partition coefficient (Wildman–Crippen LogP) is 2.71. The lowest BCUT2D eigenvalue weighted by atomic mass is 10.1. The molecule has 0 saturated carbocycles. The summed E-state index contributed by atoms with van der Waals surface area (Å²) in [5.74, 6) is 0.544. The molecule has 1 fully saturated rings. The number of hydrogen-bond acceptors (Lipinski definition) is 4. The highest BCUT2D eigenvalue weighted by atomic mass is 32.1. The van der Waals surface area contributed by atoms with Crippen LogP contribution in [0.1, 0.15) is 47.5 Å². The summed E-state index contributed by atoms with van der Waals surface area (Å²) in [4.78, 5) is 34.0. The number of carbonyl (C=O) groups is 2. The van der Waals surface area contributed by atoms with E-state index in [0.717, 1.165) is 10.7 Å². The third-order valence-corrected chi connectivity index (χ3v) is 6.03. The highest BCUT2D eigenvalue weighted by molar-refractivity contribution is 7.09. The fourth-order valence-electron chi connectivity index (χ4n) is 4.04. The van der Waals surface area contributed by atoms with E-state index in [4.69, 9.17) is 0 Å². The van der Waals surface area contributed by atoms with Gasteiger partial charge in [0.15, 0.2) is 0 Å². The maximum Gasteiger partial charge on any atom is 0.271 e. The maximum absolute atomic E-state index is 13.1. The van der Waals surface area contributed by atoms with Crippen LogP contribution < -0.4 is 0 Å². The summed E-state index contributed by atoms with van der Waals surface area (Å²) in [7, 11) is 0. The summed E-state index contributed by atoms with van der Waals surface area (Å²) in [6.07, 6.45) is 2.52. The Labute approximate surface area is 157 Å². The predicted molar refractivity (Wildman–Crippen MR) is 100 cm³/mol. The monoisotopic (exact) mass is 372 g/mol. The Bertz CT molecular complexity index is 840. The maximum atomic E-state index is 13.1. The number of fused-ring (bicyclic) bond motifs is 3. The summed E-state index contributed by atoms with van der Waals surface area (Å²) in [5.41, 5.74) is 1.63. The van der Waals surface area contributed by atoms with Crippen molar-refractivity contribution in [3.8, 4) is 0 Å². The van der Waals surface area contributed by atoms with Crippen LogP contribution in [0, 0.1) is 12.8 Å². The van der Waals surface area contributed by atoms with E-state index in [-0.39, 0.29) is 23.9 Å². The van der Waals surface area contributed by atoms with E-state index in [0.29, 0.717) is 37.7 Å². The third kappa shape index (κ3) is 2.94. The molecule has 0 unspecified atom stereocenters. The lowest BCUT2D eigenvalue weighted by Crippen LogP contribution is -2.50. The molecule has 1 saturated heterocycles. The lowest BCUT2D eigenvalue weighted by Gasteiger charge is -2.37. The molecule has 6 nitrogen and oxygen atoms in total. The highest BCUT2D eigenvalue weighted by Crippen LogP contribution is 2.35. The Balaban J connectivity index is 1.63. The lowest BCUT2D eigenvalue weighted by molar-refractivity contribution is -0.131. The highest BCUT2D eigenvalue weighted by Gasteiger charge is 2.46. The Morgan fingerprint density at radius 1 is 1.35 bits per heavy atom. The first-order valence-corrected chi connectivity index (χ1v) is 9.98. The van der Waals surface area contributed by atoms with Crippen molar-refractivity contribution in [2.75, 3.05) is 13.1 Å². The molecule has 2 amide bonds. The number of rotatable bonds is 4. The summed E-state index contributed by atoms with van der Waals surface area (Å²) in [5, 5.41) is 3.02. The van der Waals surface area contributed by atoms with E-state index in [9.17, 15) is 9.59 Å². The molecule has 7 heteroatoms. The van der Waals surface area contributed by atoms with Crippen LogP contribution in [0.4, 0.5) is 0 Å². The number of hydrogen-bond donors (Lipinski definition) is 0. The van der Waals surface area contributed by atoms with Crippen LogP contribution in [0.5, 0.6) is 0 Å². The van der Waals surface area contributed by atoms with E-state index in [1.165, 1.54) is 0 Å². The van der Waals surface area contributed by atoms with Gasteiger partial charge in [0.1, 0.15) is 5.69 Å². The fourth-order valence-corrected chi connectivity index (χ4v) is 4.64. The van der Waals surface area contributed by atoms with Crippen molar-refractivity contribution in [1.29, 1.82) is 0 Å². The Kier molecular flexibility index (Phi) is 4.34. The van der Waals surface area contributed by atoms with Gasteiger partial charge in [-0.2, -0.15) is 0 Å². The smallest absolute Gasteiger partial charge is 0.271 e. The van der Waals surface area contributed by atoms with Gasteiger partial charge in [-0.15, -0.1) is 11.3 Å². The van der Waals surface area contributed by atoms with Gasteiger partial charge in [-0.25, -0.2) is 4.98 Å². The molecular formula is C19H24N4O2S. The Morgan fingerprint density at radius 2 is 2.12 bits per heavy atom. The molecule has 0 N–H and O–H groups in total. The summed E-state index contributed by atoms with van der Waals surface area (Å²) in [6.45, 7) is 7.86. The second-order valence-electron chi connectivity index (χ2n) is 7.62. The van der Waals surface area contributed by atoms with Gasteiger partial charge in [0.2, 0.25) is 5.91 Å². The van der Waals surface area contributed by atoms with Gasteiger partial charge in [-0.3, -0.25) is 9.59 Å². The van der Waals surface area contributed by atoms with E-state index < -0.39 is 0 Å².